The number of nitrogens with zero attached hydrogens (tertiary/aromatic N) is 4. The molecule has 11 heteroatoms. The van der Waals surface area contributed by atoms with Crippen molar-refractivity contribution >= 4 is 21.0 Å². The first-order valence-corrected chi connectivity index (χ1v) is 13.3. The zero-order valence-electron chi connectivity index (χ0n) is 19.3. The number of aromatic hydroxyl groups is 1. The third-order valence-corrected chi connectivity index (χ3v) is 6.94. The van der Waals surface area contributed by atoms with Gasteiger partial charge in [0.15, 0.2) is 6.23 Å². The van der Waals surface area contributed by atoms with Gasteiger partial charge in [0, 0.05) is 43.5 Å². The maximum absolute atomic E-state index is 10.9. The molecule has 0 radical (unpaired) electrons. The zero-order chi connectivity index (χ0) is 24.1. The van der Waals surface area contributed by atoms with Crippen molar-refractivity contribution in [3.05, 3.63) is 30.6 Å². The number of fused-ring (bicyclic) bond motifs is 1. The van der Waals surface area contributed by atoms with E-state index in [2.05, 4.69) is 5.10 Å². The molecule has 3 aromatic rings. The molecule has 2 N–H and O–H groups in total. The van der Waals surface area contributed by atoms with E-state index in [0.717, 1.165) is 54.5 Å². The lowest BCUT2D eigenvalue weighted by molar-refractivity contribution is -0.0365. The Bertz CT molecular complexity index is 1200. The maximum Gasteiger partial charge on any atom is 0.265 e. The standard InChI is InChI=1S/C23H32N4O6S/c1-17(16-34(29,30)31)8-12-32-10-4-9-26-15-18(14-24-26)23-20-13-19(28)6-7-21(20)27(25-23)22-5-2-3-11-33-22/h6-7,13-15,17,22,28H,2-5,8-12,16H2,1H3,(H,29,30,31)/t17-,22?/m1/s1. The molecule has 3 heterocycles. The molecule has 2 atom stereocenters. The van der Waals surface area contributed by atoms with E-state index in [-0.39, 0.29) is 23.6 Å². The van der Waals surface area contributed by atoms with Crippen molar-refractivity contribution in [2.75, 3.05) is 25.6 Å². The lowest BCUT2D eigenvalue weighted by Gasteiger charge is -2.23. The predicted octanol–water partition coefficient (Wildman–Crippen LogP) is 3.63. The second-order valence-electron chi connectivity index (χ2n) is 8.92. The number of ether oxygens (including phenoxy) is 2. The van der Waals surface area contributed by atoms with Gasteiger partial charge in [-0.2, -0.15) is 18.6 Å². The lowest BCUT2D eigenvalue weighted by atomic mass is 10.1. The molecule has 10 nitrogen and oxygen atoms in total. The third kappa shape index (κ3) is 6.35. The normalized spacial score (nSPS) is 17.9. The van der Waals surface area contributed by atoms with Gasteiger partial charge in [-0.15, -0.1) is 0 Å². The van der Waals surface area contributed by atoms with Crippen LogP contribution >= 0.6 is 0 Å². The van der Waals surface area contributed by atoms with Crippen molar-refractivity contribution in [2.45, 2.75) is 51.8 Å². The van der Waals surface area contributed by atoms with Crippen LogP contribution in [0.4, 0.5) is 0 Å². The van der Waals surface area contributed by atoms with E-state index in [1.165, 1.54) is 0 Å². The molecule has 186 valence electrons. The highest BCUT2D eigenvalue weighted by molar-refractivity contribution is 7.85. The molecule has 0 amide bonds. The second kappa shape index (κ2) is 10.9. The molecule has 2 aromatic heterocycles. The SMILES string of the molecule is C[C@H](CCOCCCn1cc(-c2nn(C3CCCCO3)c3ccc(O)cc23)cn1)CS(=O)(=O)O. The summed E-state index contributed by atoms with van der Waals surface area (Å²) in [6.07, 6.45) is 7.98. The van der Waals surface area contributed by atoms with Crippen molar-refractivity contribution in [3.63, 3.8) is 0 Å². The minimum Gasteiger partial charge on any atom is -0.508 e. The molecule has 1 saturated heterocycles. The Kier molecular flexibility index (Phi) is 7.87. The first-order chi connectivity index (χ1) is 16.3. The first kappa shape index (κ1) is 24.6. The van der Waals surface area contributed by atoms with Gasteiger partial charge >= 0.3 is 0 Å². The van der Waals surface area contributed by atoms with Crippen LogP contribution in [0.1, 0.15) is 45.3 Å². The van der Waals surface area contributed by atoms with Crippen LogP contribution in [0.25, 0.3) is 22.2 Å². The van der Waals surface area contributed by atoms with Crippen LogP contribution in [-0.2, 0) is 26.1 Å². The van der Waals surface area contributed by atoms with Crippen LogP contribution < -0.4 is 0 Å². The zero-order valence-corrected chi connectivity index (χ0v) is 20.2. The van der Waals surface area contributed by atoms with Gasteiger partial charge in [-0.1, -0.05) is 6.92 Å². The van der Waals surface area contributed by atoms with E-state index in [1.54, 1.807) is 25.3 Å². The van der Waals surface area contributed by atoms with Gasteiger partial charge in [-0.3, -0.25) is 9.23 Å². The Labute approximate surface area is 199 Å². The minimum atomic E-state index is -3.94. The first-order valence-electron chi connectivity index (χ1n) is 11.7. The average molecular weight is 493 g/mol. The van der Waals surface area contributed by atoms with Gasteiger partial charge in [0.1, 0.15) is 11.4 Å². The molecule has 0 bridgehead atoms. The van der Waals surface area contributed by atoms with E-state index < -0.39 is 10.1 Å². The molecule has 0 spiro atoms. The van der Waals surface area contributed by atoms with Crippen LogP contribution in [0.5, 0.6) is 5.75 Å². The van der Waals surface area contributed by atoms with Crippen molar-refractivity contribution in [3.8, 4) is 17.0 Å². The Morgan fingerprint density at radius 2 is 2.15 bits per heavy atom. The number of phenols is 1. The van der Waals surface area contributed by atoms with Crippen molar-refractivity contribution in [1.29, 1.82) is 0 Å². The molecular weight excluding hydrogens is 460 g/mol. The number of phenolic OH excluding ortho intramolecular Hbond substituents is 1. The number of benzene rings is 1. The highest BCUT2D eigenvalue weighted by Crippen LogP contribution is 2.34. The molecule has 1 unspecified atom stereocenters. The maximum atomic E-state index is 10.9. The molecule has 0 aliphatic carbocycles. The van der Waals surface area contributed by atoms with Crippen LogP contribution in [0.3, 0.4) is 0 Å². The molecule has 4 rings (SSSR count). The largest absolute Gasteiger partial charge is 0.508 e. The molecule has 1 aliphatic heterocycles. The van der Waals surface area contributed by atoms with Crippen molar-refractivity contribution < 1.29 is 27.6 Å². The summed E-state index contributed by atoms with van der Waals surface area (Å²) in [6.45, 7) is 4.12. The van der Waals surface area contributed by atoms with E-state index in [9.17, 15) is 13.5 Å². The molecule has 0 saturated carbocycles. The smallest absolute Gasteiger partial charge is 0.265 e. The minimum absolute atomic E-state index is 0.109. The summed E-state index contributed by atoms with van der Waals surface area (Å²) in [5.74, 6) is -0.216. The van der Waals surface area contributed by atoms with Gasteiger partial charge < -0.3 is 14.6 Å². The van der Waals surface area contributed by atoms with Crippen LogP contribution in [0, 0.1) is 5.92 Å². The molecular formula is C23H32N4O6S. The number of hydrogen-bond acceptors (Lipinski definition) is 7. The number of aryl methyl sites for hydroxylation is 1. The van der Waals surface area contributed by atoms with Gasteiger partial charge in [0.25, 0.3) is 10.1 Å². The fourth-order valence-electron chi connectivity index (χ4n) is 4.24. The highest BCUT2D eigenvalue weighted by Gasteiger charge is 2.22. The predicted molar refractivity (Wildman–Crippen MR) is 127 cm³/mol. The Morgan fingerprint density at radius 3 is 2.91 bits per heavy atom. The van der Waals surface area contributed by atoms with Gasteiger partial charge in [-0.25, -0.2) is 4.68 Å². The Morgan fingerprint density at radius 1 is 1.29 bits per heavy atom. The molecule has 1 fully saturated rings. The summed E-state index contributed by atoms with van der Waals surface area (Å²) < 4.78 is 45.9. The monoisotopic (exact) mass is 492 g/mol. The van der Waals surface area contributed by atoms with E-state index in [0.29, 0.717) is 26.2 Å². The summed E-state index contributed by atoms with van der Waals surface area (Å²) in [7, 11) is -3.94. The average Bonchev–Trinajstić information content (AvgIpc) is 3.40. The topological polar surface area (TPSA) is 129 Å². The van der Waals surface area contributed by atoms with E-state index in [1.807, 2.05) is 21.6 Å². The van der Waals surface area contributed by atoms with Crippen LogP contribution in [0.2, 0.25) is 0 Å². The highest BCUT2D eigenvalue weighted by atomic mass is 32.2. The number of hydrogen-bond donors (Lipinski definition) is 2. The lowest BCUT2D eigenvalue weighted by Crippen LogP contribution is -2.19. The Balaban J connectivity index is 1.35. The number of rotatable bonds is 11. The third-order valence-electron chi connectivity index (χ3n) is 5.95. The summed E-state index contributed by atoms with van der Waals surface area (Å²) in [6, 6.07) is 5.27. The Hall–Kier alpha value is -2.47. The van der Waals surface area contributed by atoms with E-state index in [4.69, 9.17) is 19.1 Å². The number of aromatic nitrogens is 4. The van der Waals surface area contributed by atoms with Gasteiger partial charge in [0.2, 0.25) is 0 Å². The van der Waals surface area contributed by atoms with Gasteiger partial charge in [0.05, 0.1) is 17.5 Å². The summed E-state index contributed by atoms with van der Waals surface area (Å²) in [4.78, 5) is 0. The summed E-state index contributed by atoms with van der Waals surface area (Å²) in [5, 5.41) is 20.2. The molecule has 1 aliphatic rings. The van der Waals surface area contributed by atoms with Crippen LogP contribution in [0.15, 0.2) is 30.6 Å². The molecule has 1 aromatic carbocycles. The van der Waals surface area contributed by atoms with Crippen molar-refractivity contribution in [1.82, 2.24) is 19.6 Å². The van der Waals surface area contributed by atoms with Crippen molar-refractivity contribution in [2.24, 2.45) is 5.92 Å². The molecule has 34 heavy (non-hydrogen) atoms. The fourth-order valence-corrected chi connectivity index (χ4v) is 5.13. The second-order valence-corrected chi connectivity index (χ2v) is 10.4. The quantitative estimate of drug-likeness (QED) is 0.307. The summed E-state index contributed by atoms with van der Waals surface area (Å²) >= 11 is 0. The summed E-state index contributed by atoms with van der Waals surface area (Å²) in [5.41, 5.74) is 2.55. The van der Waals surface area contributed by atoms with Gasteiger partial charge in [-0.05, 0) is 56.2 Å². The van der Waals surface area contributed by atoms with E-state index >= 15 is 0 Å². The fraction of sp³-hybridized carbons (Fsp3) is 0.565. The van der Waals surface area contributed by atoms with Crippen LogP contribution in [-0.4, -0.2) is 63.2 Å².